The zero-order valence-electron chi connectivity index (χ0n) is 17.7. The van der Waals surface area contributed by atoms with E-state index in [-0.39, 0.29) is 5.91 Å². The minimum atomic E-state index is -0.783. The second kappa shape index (κ2) is 9.16. The quantitative estimate of drug-likeness (QED) is 0.516. The second-order valence-electron chi connectivity index (χ2n) is 7.29. The van der Waals surface area contributed by atoms with Crippen LogP contribution >= 0.6 is 0 Å². The molecule has 8 heteroatoms. The molecule has 33 heavy (non-hydrogen) atoms. The van der Waals surface area contributed by atoms with Gasteiger partial charge in [0.2, 0.25) is 11.6 Å². The number of nitriles is 1. The highest BCUT2D eigenvalue weighted by Gasteiger charge is 2.24. The lowest BCUT2D eigenvalue weighted by atomic mass is 9.98. The highest BCUT2D eigenvalue weighted by atomic mass is 16.2. The van der Waals surface area contributed by atoms with Gasteiger partial charge in [0.15, 0.2) is 0 Å². The predicted molar refractivity (Wildman–Crippen MR) is 123 cm³/mol. The van der Waals surface area contributed by atoms with Crippen LogP contribution in [-0.2, 0) is 4.79 Å². The van der Waals surface area contributed by atoms with Crippen molar-refractivity contribution < 1.29 is 4.79 Å². The molecule has 4 rings (SSSR count). The SMILES string of the molecule is CC(=O)Nc1cccc(-n2nc(C#N)c(=O)n(C(c3ccccc3)c3ccccc3)c2=O)c1. The van der Waals surface area contributed by atoms with Gasteiger partial charge < -0.3 is 5.32 Å². The Morgan fingerprint density at radius 1 is 0.939 bits per heavy atom. The van der Waals surface area contributed by atoms with E-state index in [1.165, 1.54) is 6.92 Å². The van der Waals surface area contributed by atoms with Gasteiger partial charge in [-0.05, 0) is 29.3 Å². The van der Waals surface area contributed by atoms with Crippen molar-refractivity contribution in [3.8, 4) is 11.8 Å². The molecule has 8 nitrogen and oxygen atoms in total. The largest absolute Gasteiger partial charge is 0.353 e. The van der Waals surface area contributed by atoms with Crippen molar-refractivity contribution in [2.45, 2.75) is 13.0 Å². The summed E-state index contributed by atoms with van der Waals surface area (Å²) >= 11 is 0. The van der Waals surface area contributed by atoms with Gasteiger partial charge in [-0.2, -0.15) is 9.94 Å². The van der Waals surface area contributed by atoms with Crippen molar-refractivity contribution in [3.05, 3.63) is 123 Å². The Labute approximate surface area is 189 Å². The Morgan fingerprint density at radius 2 is 1.55 bits per heavy atom. The molecule has 0 spiro atoms. The third kappa shape index (κ3) is 4.34. The van der Waals surface area contributed by atoms with Crippen LogP contribution in [0.15, 0.2) is 94.5 Å². The highest BCUT2D eigenvalue weighted by Crippen LogP contribution is 2.24. The first kappa shape index (κ1) is 21.5. The fourth-order valence-corrected chi connectivity index (χ4v) is 3.63. The van der Waals surface area contributed by atoms with Crippen LogP contribution in [0.3, 0.4) is 0 Å². The van der Waals surface area contributed by atoms with Crippen molar-refractivity contribution in [2.75, 3.05) is 5.32 Å². The third-order valence-electron chi connectivity index (χ3n) is 5.01. The van der Waals surface area contributed by atoms with E-state index in [1.807, 2.05) is 60.7 Å². The number of anilines is 1. The van der Waals surface area contributed by atoms with E-state index in [4.69, 9.17) is 0 Å². The van der Waals surface area contributed by atoms with Crippen LogP contribution in [0.2, 0.25) is 0 Å². The summed E-state index contributed by atoms with van der Waals surface area (Å²) in [7, 11) is 0. The Bertz CT molecular complexity index is 1430. The van der Waals surface area contributed by atoms with Gasteiger partial charge in [-0.25, -0.2) is 9.36 Å². The van der Waals surface area contributed by atoms with E-state index in [1.54, 1.807) is 30.3 Å². The van der Waals surface area contributed by atoms with E-state index in [0.717, 1.165) is 9.25 Å². The molecule has 4 aromatic rings. The molecule has 1 amide bonds. The number of nitrogens with one attached hydrogen (secondary N) is 1. The van der Waals surface area contributed by atoms with E-state index >= 15 is 0 Å². The number of hydrogen-bond acceptors (Lipinski definition) is 5. The molecule has 162 valence electrons. The van der Waals surface area contributed by atoms with Gasteiger partial charge in [0.25, 0.3) is 5.56 Å². The lowest BCUT2D eigenvalue weighted by Gasteiger charge is -2.21. The Morgan fingerprint density at radius 3 is 2.09 bits per heavy atom. The molecule has 0 unspecified atom stereocenters. The second-order valence-corrected chi connectivity index (χ2v) is 7.29. The number of benzene rings is 3. The molecular formula is C25H19N5O3. The van der Waals surface area contributed by atoms with Crippen molar-refractivity contribution >= 4 is 11.6 Å². The van der Waals surface area contributed by atoms with E-state index < -0.39 is 23.0 Å². The van der Waals surface area contributed by atoms with Crippen LogP contribution in [0.4, 0.5) is 5.69 Å². The maximum absolute atomic E-state index is 13.6. The molecule has 0 bridgehead atoms. The number of hydrogen-bond donors (Lipinski definition) is 1. The van der Waals surface area contributed by atoms with Crippen LogP contribution in [0.5, 0.6) is 0 Å². The maximum atomic E-state index is 13.6. The summed E-state index contributed by atoms with van der Waals surface area (Å²) < 4.78 is 2.05. The summed E-state index contributed by atoms with van der Waals surface area (Å²) in [4.78, 5) is 38.3. The minimum absolute atomic E-state index is 0.275. The van der Waals surface area contributed by atoms with E-state index in [9.17, 15) is 19.6 Å². The first-order chi connectivity index (χ1) is 16.0. The normalized spacial score (nSPS) is 10.6. The van der Waals surface area contributed by atoms with Gasteiger partial charge in [0, 0.05) is 12.6 Å². The summed E-state index contributed by atoms with van der Waals surface area (Å²) in [6, 6.07) is 25.7. The molecule has 0 fully saturated rings. The highest BCUT2D eigenvalue weighted by molar-refractivity contribution is 5.88. The number of amides is 1. The summed E-state index contributed by atoms with van der Waals surface area (Å²) in [5.41, 5.74) is 0.250. The third-order valence-corrected chi connectivity index (χ3v) is 5.01. The average Bonchev–Trinajstić information content (AvgIpc) is 2.83. The molecule has 0 aliphatic heterocycles. The molecule has 0 aliphatic rings. The van der Waals surface area contributed by atoms with Gasteiger partial charge in [0.1, 0.15) is 6.07 Å². The Balaban J connectivity index is 2.01. The van der Waals surface area contributed by atoms with Crippen LogP contribution in [0.25, 0.3) is 5.69 Å². The number of carbonyl (C=O) groups is 1. The molecule has 0 saturated heterocycles. The van der Waals surface area contributed by atoms with Gasteiger partial charge in [-0.1, -0.05) is 66.7 Å². The fraction of sp³-hybridized carbons (Fsp3) is 0.0800. The molecule has 0 atom stereocenters. The molecule has 0 radical (unpaired) electrons. The smallest absolute Gasteiger partial charge is 0.326 e. The minimum Gasteiger partial charge on any atom is -0.326 e. The van der Waals surface area contributed by atoms with Gasteiger partial charge in [-0.15, -0.1) is 5.10 Å². The molecular weight excluding hydrogens is 418 g/mol. The zero-order valence-corrected chi connectivity index (χ0v) is 17.7. The first-order valence-corrected chi connectivity index (χ1v) is 10.1. The van der Waals surface area contributed by atoms with Crippen LogP contribution in [-0.4, -0.2) is 20.3 Å². The summed E-state index contributed by atoms with van der Waals surface area (Å²) in [5.74, 6) is -0.275. The zero-order chi connectivity index (χ0) is 23.4. The lowest BCUT2D eigenvalue weighted by Crippen LogP contribution is -2.45. The Kier molecular flexibility index (Phi) is 5.96. The average molecular weight is 437 g/mol. The fourth-order valence-electron chi connectivity index (χ4n) is 3.63. The molecule has 3 aromatic carbocycles. The summed E-state index contributed by atoms with van der Waals surface area (Å²) in [5, 5.41) is 16.3. The number of carbonyl (C=O) groups excluding carboxylic acids is 1. The van der Waals surface area contributed by atoms with Crippen molar-refractivity contribution in [2.24, 2.45) is 0 Å². The van der Waals surface area contributed by atoms with Crippen molar-refractivity contribution in [1.29, 1.82) is 5.26 Å². The standard InChI is InChI=1S/C25H19N5O3/c1-17(31)27-20-13-8-14-21(15-20)30-25(33)29(24(32)22(16-26)28-30)23(18-9-4-2-5-10-18)19-11-6-3-7-12-19/h2-15,23H,1H3,(H,27,31). The summed E-state index contributed by atoms with van der Waals surface area (Å²) in [6.07, 6.45) is 0. The molecule has 1 aromatic heterocycles. The number of nitrogens with zero attached hydrogens (tertiary/aromatic N) is 4. The molecule has 1 N–H and O–H groups in total. The van der Waals surface area contributed by atoms with Gasteiger partial charge >= 0.3 is 5.69 Å². The van der Waals surface area contributed by atoms with E-state index in [0.29, 0.717) is 22.5 Å². The molecule has 0 saturated carbocycles. The number of rotatable bonds is 5. The molecule has 1 heterocycles. The number of aromatic nitrogens is 3. The monoisotopic (exact) mass is 437 g/mol. The topological polar surface area (TPSA) is 110 Å². The summed E-state index contributed by atoms with van der Waals surface area (Å²) in [6.45, 7) is 1.37. The van der Waals surface area contributed by atoms with Crippen LogP contribution < -0.4 is 16.6 Å². The lowest BCUT2D eigenvalue weighted by molar-refractivity contribution is -0.114. The van der Waals surface area contributed by atoms with Crippen LogP contribution in [0, 0.1) is 11.3 Å². The first-order valence-electron chi connectivity index (χ1n) is 10.1. The van der Waals surface area contributed by atoms with Crippen LogP contribution in [0.1, 0.15) is 29.8 Å². The Hall–Kier alpha value is -4.77. The van der Waals surface area contributed by atoms with Gasteiger partial charge in [0.05, 0.1) is 11.7 Å². The van der Waals surface area contributed by atoms with E-state index in [2.05, 4.69) is 10.4 Å². The van der Waals surface area contributed by atoms with Crippen molar-refractivity contribution in [1.82, 2.24) is 14.3 Å². The molecule has 0 aliphatic carbocycles. The maximum Gasteiger partial charge on any atom is 0.353 e. The van der Waals surface area contributed by atoms with Gasteiger partial charge in [-0.3, -0.25) is 9.59 Å². The predicted octanol–water partition coefficient (Wildman–Crippen LogP) is 2.86. The van der Waals surface area contributed by atoms with Crippen molar-refractivity contribution in [3.63, 3.8) is 0 Å².